The Morgan fingerprint density at radius 1 is 0.789 bits per heavy atom. The van der Waals surface area contributed by atoms with E-state index in [9.17, 15) is 0 Å². The van der Waals surface area contributed by atoms with Crippen LogP contribution in [0.25, 0.3) is 10.8 Å². The molecule has 3 aromatic rings. The summed E-state index contributed by atoms with van der Waals surface area (Å²) in [4.78, 5) is 0. The van der Waals surface area contributed by atoms with Crippen LogP contribution < -0.4 is 4.74 Å². The fourth-order valence-electron chi connectivity index (χ4n) is 1.99. The molecule has 19 heavy (non-hydrogen) atoms. The molecule has 0 fully saturated rings. The van der Waals surface area contributed by atoms with Crippen LogP contribution in [-0.4, -0.2) is 0 Å². The average Bonchev–Trinajstić information content (AvgIpc) is 2.42. The minimum atomic E-state index is 0.603. The van der Waals surface area contributed by atoms with Gasteiger partial charge in [0.05, 0.1) is 5.02 Å². The fourth-order valence-corrected chi connectivity index (χ4v) is 2.74. The Kier molecular flexibility index (Phi) is 3.45. The summed E-state index contributed by atoms with van der Waals surface area (Å²) < 4.78 is 6.95. The lowest BCUT2D eigenvalue weighted by Gasteiger charge is -2.11. The van der Waals surface area contributed by atoms with Gasteiger partial charge in [0.25, 0.3) is 0 Å². The molecule has 0 amide bonds. The third-order valence-electron chi connectivity index (χ3n) is 2.87. The van der Waals surface area contributed by atoms with Crippen LogP contribution in [0, 0.1) is 0 Å². The summed E-state index contributed by atoms with van der Waals surface area (Å²) in [7, 11) is 0. The van der Waals surface area contributed by atoms with E-state index in [1.165, 1.54) is 0 Å². The third-order valence-corrected chi connectivity index (χ3v) is 3.85. The Labute approximate surface area is 124 Å². The monoisotopic (exact) mass is 332 g/mol. The van der Waals surface area contributed by atoms with Crippen LogP contribution in [-0.2, 0) is 0 Å². The first-order chi connectivity index (χ1) is 9.25. The first kappa shape index (κ1) is 12.5. The van der Waals surface area contributed by atoms with Gasteiger partial charge in [-0.15, -0.1) is 0 Å². The summed E-state index contributed by atoms with van der Waals surface area (Å²) in [5.41, 5.74) is 0. The van der Waals surface area contributed by atoms with Gasteiger partial charge in [-0.2, -0.15) is 0 Å². The number of fused-ring (bicyclic) bond motifs is 1. The topological polar surface area (TPSA) is 9.23 Å². The molecule has 3 heteroatoms. The first-order valence-corrected chi connectivity index (χ1v) is 7.02. The quantitative estimate of drug-likeness (QED) is 0.555. The van der Waals surface area contributed by atoms with Gasteiger partial charge < -0.3 is 4.74 Å². The van der Waals surface area contributed by atoms with Crippen molar-refractivity contribution in [3.63, 3.8) is 0 Å². The van der Waals surface area contributed by atoms with Gasteiger partial charge in [0, 0.05) is 9.86 Å². The van der Waals surface area contributed by atoms with Crippen molar-refractivity contribution in [2.24, 2.45) is 0 Å². The molecule has 0 saturated carbocycles. The minimum Gasteiger partial charge on any atom is -0.455 e. The molecule has 0 aliphatic carbocycles. The van der Waals surface area contributed by atoms with Gasteiger partial charge in [0.15, 0.2) is 0 Å². The molecule has 0 spiro atoms. The van der Waals surface area contributed by atoms with Crippen molar-refractivity contribution < 1.29 is 4.74 Å². The normalized spacial score (nSPS) is 10.6. The van der Waals surface area contributed by atoms with Gasteiger partial charge in [-0.3, -0.25) is 0 Å². The summed E-state index contributed by atoms with van der Waals surface area (Å²) in [6.07, 6.45) is 0. The van der Waals surface area contributed by atoms with Crippen LogP contribution >= 0.6 is 27.5 Å². The highest BCUT2D eigenvalue weighted by atomic mass is 79.9. The highest BCUT2D eigenvalue weighted by Gasteiger charge is 2.08. The van der Waals surface area contributed by atoms with Gasteiger partial charge >= 0.3 is 0 Å². The van der Waals surface area contributed by atoms with E-state index in [0.29, 0.717) is 10.8 Å². The molecular formula is C16H10BrClO. The molecule has 3 aromatic carbocycles. The lowest BCUT2D eigenvalue weighted by molar-refractivity contribution is 0.488. The van der Waals surface area contributed by atoms with E-state index < -0.39 is 0 Å². The second-order valence-corrected chi connectivity index (χ2v) is 5.39. The molecule has 1 nitrogen and oxygen atoms in total. The van der Waals surface area contributed by atoms with Crippen LogP contribution in [0.3, 0.4) is 0 Å². The molecule has 0 aromatic heterocycles. The maximum Gasteiger partial charge on any atom is 0.146 e. The van der Waals surface area contributed by atoms with Crippen LogP contribution in [0.2, 0.25) is 5.02 Å². The zero-order valence-electron chi connectivity index (χ0n) is 9.94. The fraction of sp³-hybridized carbons (Fsp3) is 0. The summed E-state index contributed by atoms with van der Waals surface area (Å²) >= 11 is 9.69. The molecule has 0 N–H and O–H groups in total. The number of para-hydroxylation sites is 1. The lowest BCUT2D eigenvalue weighted by atomic mass is 10.1. The van der Waals surface area contributed by atoms with Gasteiger partial charge in [-0.05, 0) is 29.7 Å². The van der Waals surface area contributed by atoms with E-state index >= 15 is 0 Å². The minimum absolute atomic E-state index is 0.603. The SMILES string of the molecule is Clc1ccccc1Oc1cccc2cccc(Br)c12. The number of halogens is 2. The molecule has 94 valence electrons. The molecule has 0 bridgehead atoms. The molecule has 0 saturated heterocycles. The molecular weight excluding hydrogens is 324 g/mol. The van der Waals surface area contributed by atoms with E-state index in [-0.39, 0.29) is 0 Å². The highest BCUT2D eigenvalue weighted by Crippen LogP contribution is 2.36. The van der Waals surface area contributed by atoms with Crippen LogP contribution in [0.4, 0.5) is 0 Å². The number of benzene rings is 3. The molecule has 0 atom stereocenters. The van der Waals surface area contributed by atoms with Crippen molar-refractivity contribution in [2.45, 2.75) is 0 Å². The number of hydrogen-bond acceptors (Lipinski definition) is 1. The van der Waals surface area contributed by atoms with Crippen LogP contribution in [0.1, 0.15) is 0 Å². The summed E-state index contributed by atoms with van der Waals surface area (Å²) in [6, 6.07) is 19.5. The summed E-state index contributed by atoms with van der Waals surface area (Å²) in [6.45, 7) is 0. The highest BCUT2D eigenvalue weighted by molar-refractivity contribution is 9.10. The average molecular weight is 334 g/mol. The second kappa shape index (κ2) is 5.24. The van der Waals surface area contributed by atoms with E-state index in [2.05, 4.69) is 28.1 Å². The molecule has 0 heterocycles. The Balaban J connectivity index is 2.14. The van der Waals surface area contributed by atoms with Crippen LogP contribution in [0.5, 0.6) is 11.5 Å². The van der Waals surface area contributed by atoms with Gasteiger partial charge in [-0.25, -0.2) is 0 Å². The number of rotatable bonds is 2. The van der Waals surface area contributed by atoms with Crippen molar-refractivity contribution >= 4 is 38.3 Å². The Bertz CT molecular complexity index is 734. The second-order valence-electron chi connectivity index (χ2n) is 4.13. The van der Waals surface area contributed by atoms with E-state index in [4.69, 9.17) is 16.3 Å². The number of hydrogen-bond donors (Lipinski definition) is 0. The largest absolute Gasteiger partial charge is 0.455 e. The van der Waals surface area contributed by atoms with Crippen molar-refractivity contribution in [3.8, 4) is 11.5 Å². The molecule has 0 radical (unpaired) electrons. The van der Waals surface area contributed by atoms with Crippen molar-refractivity contribution in [1.82, 2.24) is 0 Å². The van der Waals surface area contributed by atoms with Crippen molar-refractivity contribution in [1.29, 1.82) is 0 Å². The lowest BCUT2D eigenvalue weighted by Crippen LogP contribution is -1.87. The number of ether oxygens (including phenoxy) is 1. The first-order valence-electron chi connectivity index (χ1n) is 5.85. The predicted octanol–water partition coefficient (Wildman–Crippen LogP) is 6.05. The molecule has 0 unspecified atom stereocenters. The Hall–Kier alpha value is -1.51. The predicted molar refractivity (Wildman–Crippen MR) is 83.2 cm³/mol. The van der Waals surface area contributed by atoms with E-state index in [1.54, 1.807) is 0 Å². The Morgan fingerprint density at radius 3 is 2.26 bits per heavy atom. The maximum atomic E-state index is 6.13. The van der Waals surface area contributed by atoms with Crippen LogP contribution in [0.15, 0.2) is 65.1 Å². The smallest absolute Gasteiger partial charge is 0.146 e. The third kappa shape index (κ3) is 2.46. The van der Waals surface area contributed by atoms with E-state index in [0.717, 1.165) is 21.0 Å². The molecule has 3 rings (SSSR count). The zero-order chi connectivity index (χ0) is 13.2. The van der Waals surface area contributed by atoms with E-state index in [1.807, 2.05) is 48.5 Å². The van der Waals surface area contributed by atoms with Crippen molar-refractivity contribution in [2.75, 3.05) is 0 Å². The Morgan fingerprint density at radius 2 is 1.47 bits per heavy atom. The van der Waals surface area contributed by atoms with Gasteiger partial charge in [0.2, 0.25) is 0 Å². The zero-order valence-corrected chi connectivity index (χ0v) is 12.3. The molecule has 0 aliphatic rings. The van der Waals surface area contributed by atoms with Gasteiger partial charge in [0.1, 0.15) is 11.5 Å². The van der Waals surface area contributed by atoms with Gasteiger partial charge in [-0.1, -0.05) is 63.9 Å². The maximum absolute atomic E-state index is 6.13. The summed E-state index contributed by atoms with van der Waals surface area (Å²) in [5, 5.41) is 2.77. The molecule has 0 aliphatic heterocycles. The summed E-state index contributed by atoms with van der Waals surface area (Å²) in [5.74, 6) is 1.45. The van der Waals surface area contributed by atoms with Crippen molar-refractivity contribution in [3.05, 3.63) is 70.2 Å². The standard InChI is InChI=1S/C16H10BrClO/c17-12-7-3-5-11-6-4-10-15(16(11)12)19-14-9-2-1-8-13(14)18/h1-10H.